The van der Waals surface area contributed by atoms with Crippen LogP contribution in [-0.2, 0) is 13.0 Å². The Balaban J connectivity index is 1.98. The summed E-state index contributed by atoms with van der Waals surface area (Å²) in [5, 5.41) is 9.45. The molecule has 0 heterocycles. The number of nitrogen functional groups attached to an aromatic ring is 1. The van der Waals surface area contributed by atoms with E-state index in [1.54, 1.807) is 12.1 Å². The lowest BCUT2D eigenvalue weighted by molar-refractivity contribution is 0.298. The normalized spacial score (nSPS) is 10.4. The lowest BCUT2D eigenvalue weighted by Gasteiger charge is -2.09. The van der Waals surface area contributed by atoms with Crippen LogP contribution in [0.5, 0.6) is 5.75 Å². The summed E-state index contributed by atoms with van der Waals surface area (Å²) in [6, 6.07) is 13.0. The minimum atomic E-state index is 0.154. The molecular formula is C15H16ClNO2. The van der Waals surface area contributed by atoms with Crippen molar-refractivity contribution in [2.45, 2.75) is 13.0 Å². The van der Waals surface area contributed by atoms with Gasteiger partial charge in [0.05, 0.1) is 0 Å². The lowest BCUT2D eigenvalue weighted by Crippen LogP contribution is -1.98. The van der Waals surface area contributed by atoms with E-state index in [9.17, 15) is 0 Å². The van der Waals surface area contributed by atoms with Crippen LogP contribution in [0.15, 0.2) is 42.5 Å². The maximum absolute atomic E-state index is 8.84. The minimum Gasteiger partial charge on any atom is -0.489 e. The second-order valence-corrected chi connectivity index (χ2v) is 4.66. The SMILES string of the molecule is Nc1ccc(COc2ccc(CCO)cc2)c(Cl)c1. The highest BCUT2D eigenvalue weighted by atomic mass is 35.5. The zero-order valence-electron chi connectivity index (χ0n) is 10.5. The number of rotatable bonds is 5. The monoisotopic (exact) mass is 277 g/mol. The van der Waals surface area contributed by atoms with Gasteiger partial charge < -0.3 is 15.6 Å². The van der Waals surface area contributed by atoms with E-state index in [0.29, 0.717) is 23.7 Å². The Labute approximate surface area is 117 Å². The van der Waals surface area contributed by atoms with Gasteiger partial charge in [0.2, 0.25) is 0 Å². The smallest absolute Gasteiger partial charge is 0.119 e. The Morgan fingerprint density at radius 2 is 1.84 bits per heavy atom. The van der Waals surface area contributed by atoms with E-state index in [-0.39, 0.29) is 6.61 Å². The van der Waals surface area contributed by atoms with Crippen LogP contribution in [0.25, 0.3) is 0 Å². The van der Waals surface area contributed by atoms with Gasteiger partial charge in [-0.1, -0.05) is 29.8 Å². The number of ether oxygens (including phenoxy) is 1. The van der Waals surface area contributed by atoms with Crippen molar-refractivity contribution in [3.05, 3.63) is 58.6 Å². The van der Waals surface area contributed by atoms with Gasteiger partial charge in [-0.3, -0.25) is 0 Å². The molecule has 0 aliphatic carbocycles. The topological polar surface area (TPSA) is 55.5 Å². The van der Waals surface area contributed by atoms with Crippen LogP contribution in [0.4, 0.5) is 5.69 Å². The van der Waals surface area contributed by atoms with E-state index in [0.717, 1.165) is 16.9 Å². The highest BCUT2D eigenvalue weighted by molar-refractivity contribution is 6.31. The van der Waals surface area contributed by atoms with Gasteiger partial charge >= 0.3 is 0 Å². The molecule has 0 aromatic heterocycles. The van der Waals surface area contributed by atoms with Gasteiger partial charge in [-0.15, -0.1) is 0 Å². The van der Waals surface area contributed by atoms with E-state index in [1.165, 1.54) is 0 Å². The third-order valence-corrected chi connectivity index (χ3v) is 3.15. The molecule has 0 saturated heterocycles. The summed E-state index contributed by atoms with van der Waals surface area (Å²) in [6.45, 7) is 0.555. The molecule has 3 nitrogen and oxygen atoms in total. The number of aliphatic hydroxyl groups is 1. The first-order valence-electron chi connectivity index (χ1n) is 6.05. The number of nitrogens with two attached hydrogens (primary N) is 1. The Bertz CT molecular complexity index is 540. The molecule has 0 unspecified atom stereocenters. The quantitative estimate of drug-likeness (QED) is 0.826. The first-order chi connectivity index (χ1) is 9.19. The molecule has 2 rings (SSSR count). The molecule has 0 radical (unpaired) electrons. The Morgan fingerprint density at radius 1 is 1.11 bits per heavy atom. The Hall–Kier alpha value is -1.71. The van der Waals surface area contributed by atoms with E-state index in [1.807, 2.05) is 30.3 Å². The summed E-state index contributed by atoms with van der Waals surface area (Å²) in [5.41, 5.74) is 8.26. The standard InChI is InChI=1S/C15H16ClNO2/c16-15-9-13(17)4-3-12(15)10-19-14-5-1-11(2-6-14)7-8-18/h1-6,9,18H,7-8,10,17H2. The fourth-order valence-corrected chi connectivity index (χ4v) is 1.97. The van der Waals surface area contributed by atoms with Crippen molar-refractivity contribution < 1.29 is 9.84 Å². The highest BCUT2D eigenvalue weighted by Crippen LogP contribution is 2.21. The Morgan fingerprint density at radius 3 is 2.47 bits per heavy atom. The largest absolute Gasteiger partial charge is 0.489 e. The van der Waals surface area contributed by atoms with Crippen LogP contribution in [0, 0.1) is 0 Å². The average molecular weight is 278 g/mol. The van der Waals surface area contributed by atoms with Gasteiger partial charge in [-0.05, 0) is 36.2 Å². The number of hydrogen-bond acceptors (Lipinski definition) is 3. The molecular weight excluding hydrogens is 262 g/mol. The van der Waals surface area contributed by atoms with Crippen molar-refractivity contribution in [2.75, 3.05) is 12.3 Å². The van der Waals surface area contributed by atoms with Gasteiger partial charge in [-0.25, -0.2) is 0 Å². The van der Waals surface area contributed by atoms with Gasteiger partial charge in [0.25, 0.3) is 0 Å². The lowest BCUT2D eigenvalue weighted by atomic mass is 10.1. The van der Waals surface area contributed by atoms with Crippen molar-refractivity contribution in [3.63, 3.8) is 0 Å². The third-order valence-electron chi connectivity index (χ3n) is 2.80. The molecule has 2 aromatic carbocycles. The van der Waals surface area contributed by atoms with Crippen molar-refractivity contribution in [1.29, 1.82) is 0 Å². The molecule has 19 heavy (non-hydrogen) atoms. The summed E-state index contributed by atoms with van der Waals surface area (Å²) in [4.78, 5) is 0. The van der Waals surface area contributed by atoms with Gasteiger partial charge in [-0.2, -0.15) is 0 Å². The van der Waals surface area contributed by atoms with E-state index in [4.69, 9.17) is 27.2 Å². The molecule has 0 amide bonds. The summed E-state index contributed by atoms with van der Waals surface area (Å²) in [5.74, 6) is 0.773. The van der Waals surface area contributed by atoms with Crippen LogP contribution >= 0.6 is 11.6 Å². The van der Waals surface area contributed by atoms with E-state index < -0.39 is 0 Å². The molecule has 0 spiro atoms. The minimum absolute atomic E-state index is 0.154. The molecule has 0 aliphatic rings. The molecule has 0 atom stereocenters. The number of benzene rings is 2. The number of hydrogen-bond donors (Lipinski definition) is 2. The van der Waals surface area contributed by atoms with Crippen LogP contribution in [0.2, 0.25) is 5.02 Å². The number of aliphatic hydroxyl groups excluding tert-OH is 1. The number of halogens is 1. The van der Waals surface area contributed by atoms with Crippen molar-refractivity contribution in [2.24, 2.45) is 0 Å². The summed E-state index contributed by atoms with van der Waals surface area (Å²) >= 11 is 6.07. The first kappa shape index (κ1) is 13.7. The van der Waals surface area contributed by atoms with Crippen molar-refractivity contribution >= 4 is 17.3 Å². The third kappa shape index (κ3) is 3.88. The summed E-state index contributed by atoms with van der Waals surface area (Å²) < 4.78 is 5.66. The first-order valence-corrected chi connectivity index (χ1v) is 6.43. The highest BCUT2D eigenvalue weighted by Gasteiger charge is 2.02. The molecule has 3 N–H and O–H groups in total. The predicted molar refractivity (Wildman–Crippen MR) is 77.4 cm³/mol. The van der Waals surface area contributed by atoms with E-state index >= 15 is 0 Å². The summed E-state index contributed by atoms with van der Waals surface area (Å²) in [7, 11) is 0. The maximum Gasteiger partial charge on any atom is 0.119 e. The van der Waals surface area contributed by atoms with Gasteiger partial charge in [0, 0.05) is 22.9 Å². The Kier molecular flexibility index (Phi) is 4.66. The van der Waals surface area contributed by atoms with Crippen LogP contribution in [0.1, 0.15) is 11.1 Å². The second kappa shape index (κ2) is 6.45. The fourth-order valence-electron chi connectivity index (χ4n) is 1.72. The molecule has 0 fully saturated rings. The van der Waals surface area contributed by atoms with Crippen LogP contribution in [0.3, 0.4) is 0 Å². The molecule has 2 aromatic rings. The maximum atomic E-state index is 8.84. The molecule has 0 aliphatic heterocycles. The molecule has 0 saturated carbocycles. The fraction of sp³-hybridized carbons (Fsp3) is 0.200. The van der Waals surface area contributed by atoms with Gasteiger partial charge in [0.1, 0.15) is 12.4 Å². The molecule has 100 valence electrons. The van der Waals surface area contributed by atoms with E-state index in [2.05, 4.69) is 0 Å². The predicted octanol–water partition coefficient (Wildman–Crippen LogP) is 3.04. The van der Waals surface area contributed by atoms with Crippen molar-refractivity contribution in [3.8, 4) is 5.75 Å². The molecule has 0 bridgehead atoms. The zero-order valence-corrected chi connectivity index (χ0v) is 11.2. The zero-order chi connectivity index (χ0) is 13.7. The van der Waals surface area contributed by atoms with Crippen molar-refractivity contribution in [1.82, 2.24) is 0 Å². The number of anilines is 1. The van der Waals surface area contributed by atoms with Crippen LogP contribution in [-0.4, -0.2) is 11.7 Å². The van der Waals surface area contributed by atoms with Crippen LogP contribution < -0.4 is 10.5 Å². The average Bonchev–Trinajstić information content (AvgIpc) is 2.40. The van der Waals surface area contributed by atoms with Gasteiger partial charge in [0.15, 0.2) is 0 Å². The summed E-state index contributed by atoms with van der Waals surface area (Å²) in [6.07, 6.45) is 0.657. The molecule has 4 heteroatoms. The second-order valence-electron chi connectivity index (χ2n) is 4.26.